The highest BCUT2D eigenvalue weighted by molar-refractivity contribution is 7.18. The second-order valence-corrected chi connectivity index (χ2v) is 5.61. The number of fused-ring (bicyclic) bond motifs is 1. The number of hydrogen-bond acceptors (Lipinski definition) is 5. The molecule has 3 rings (SSSR count). The molecular weight excluding hydrogens is 276 g/mol. The first kappa shape index (κ1) is 13.1. The minimum atomic E-state index is -0.346. The standard InChI is InChI=1S/C15H14O4S/c1-2-18-15(17)13-9-5-3-6-10(16)12(9)14(20-13)11-7-4-8-19-11/h4,7-8H,2-3,5-6H2,1H3. The summed E-state index contributed by atoms with van der Waals surface area (Å²) in [5.74, 6) is 0.378. The Morgan fingerprint density at radius 3 is 3.00 bits per heavy atom. The molecule has 0 spiro atoms. The van der Waals surface area contributed by atoms with Crippen molar-refractivity contribution in [3.05, 3.63) is 34.4 Å². The second-order valence-electron chi connectivity index (χ2n) is 4.59. The predicted molar refractivity (Wildman–Crippen MR) is 75.2 cm³/mol. The molecule has 0 unspecified atom stereocenters. The van der Waals surface area contributed by atoms with Crippen molar-refractivity contribution in [1.29, 1.82) is 0 Å². The lowest BCUT2D eigenvalue weighted by Crippen LogP contribution is -2.13. The molecule has 104 valence electrons. The van der Waals surface area contributed by atoms with Gasteiger partial charge in [-0.2, -0.15) is 0 Å². The summed E-state index contributed by atoms with van der Waals surface area (Å²) in [4.78, 5) is 25.6. The van der Waals surface area contributed by atoms with Crippen LogP contribution in [0.3, 0.4) is 0 Å². The maximum atomic E-state index is 12.2. The first-order chi connectivity index (χ1) is 9.72. The fourth-order valence-electron chi connectivity index (χ4n) is 2.49. The quantitative estimate of drug-likeness (QED) is 0.809. The zero-order valence-electron chi connectivity index (χ0n) is 11.1. The first-order valence-corrected chi connectivity index (χ1v) is 7.44. The van der Waals surface area contributed by atoms with Crippen LogP contribution in [0, 0.1) is 0 Å². The minimum Gasteiger partial charge on any atom is -0.463 e. The van der Waals surface area contributed by atoms with Crippen molar-refractivity contribution in [1.82, 2.24) is 0 Å². The zero-order valence-corrected chi connectivity index (χ0v) is 11.9. The summed E-state index contributed by atoms with van der Waals surface area (Å²) in [6.45, 7) is 2.10. The molecule has 0 atom stereocenters. The number of thiophene rings is 1. The molecular formula is C15H14O4S. The van der Waals surface area contributed by atoms with Crippen LogP contribution in [-0.2, 0) is 11.2 Å². The van der Waals surface area contributed by atoms with Gasteiger partial charge in [-0.25, -0.2) is 4.79 Å². The molecule has 0 aromatic carbocycles. The highest BCUT2D eigenvalue weighted by Gasteiger charge is 2.31. The SMILES string of the molecule is CCOC(=O)c1sc(-c2ccco2)c2c1CCCC2=O. The van der Waals surface area contributed by atoms with Gasteiger partial charge in [-0.1, -0.05) is 0 Å². The third-order valence-corrected chi connectivity index (χ3v) is 4.55. The third-order valence-electron chi connectivity index (χ3n) is 3.32. The number of ether oxygens (including phenoxy) is 1. The smallest absolute Gasteiger partial charge is 0.348 e. The lowest BCUT2D eigenvalue weighted by atomic mass is 9.90. The molecule has 0 saturated carbocycles. The molecule has 5 heteroatoms. The molecule has 1 aliphatic rings. The Balaban J connectivity index is 2.16. The molecule has 0 amide bonds. The van der Waals surface area contributed by atoms with Crippen LogP contribution in [0.2, 0.25) is 0 Å². The lowest BCUT2D eigenvalue weighted by molar-refractivity contribution is 0.0531. The maximum Gasteiger partial charge on any atom is 0.348 e. The maximum absolute atomic E-state index is 12.2. The van der Waals surface area contributed by atoms with E-state index >= 15 is 0 Å². The van der Waals surface area contributed by atoms with Crippen LogP contribution in [-0.4, -0.2) is 18.4 Å². The number of carbonyl (C=O) groups excluding carboxylic acids is 2. The molecule has 2 aromatic heterocycles. The normalized spacial score (nSPS) is 14.2. The van der Waals surface area contributed by atoms with Gasteiger partial charge in [-0.3, -0.25) is 4.79 Å². The van der Waals surface area contributed by atoms with E-state index in [1.807, 2.05) is 6.07 Å². The largest absolute Gasteiger partial charge is 0.463 e. The summed E-state index contributed by atoms with van der Waals surface area (Å²) in [7, 11) is 0. The molecule has 2 heterocycles. The molecule has 0 radical (unpaired) electrons. The zero-order chi connectivity index (χ0) is 14.1. The van der Waals surface area contributed by atoms with Crippen LogP contribution in [0.4, 0.5) is 0 Å². The average molecular weight is 290 g/mol. The van der Waals surface area contributed by atoms with Crippen LogP contribution in [0.1, 0.15) is 45.4 Å². The fraction of sp³-hybridized carbons (Fsp3) is 0.333. The Hall–Kier alpha value is -1.88. The van der Waals surface area contributed by atoms with Gasteiger partial charge in [-0.05, 0) is 37.5 Å². The van der Waals surface area contributed by atoms with E-state index in [0.717, 1.165) is 23.3 Å². The van der Waals surface area contributed by atoms with Crippen LogP contribution in [0.25, 0.3) is 10.6 Å². The van der Waals surface area contributed by atoms with Gasteiger partial charge in [0.15, 0.2) is 5.78 Å². The van der Waals surface area contributed by atoms with Crippen molar-refractivity contribution in [2.75, 3.05) is 6.61 Å². The highest BCUT2D eigenvalue weighted by Crippen LogP contribution is 2.41. The first-order valence-electron chi connectivity index (χ1n) is 6.62. The Kier molecular flexibility index (Phi) is 3.44. The molecule has 0 N–H and O–H groups in total. The number of rotatable bonds is 3. The van der Waals surface area contributed by atoms with Gasteiger partial charge in [0.05, 0.1) is 17.7 Å². The van der Waals surface area contributed by atoms with E-state index in [1.165, 1.54) is 11.3 Å². The summed E-state index contributed by atoms with van der Waals surface area (Å²) < 4.78 is 10.5. The molecule has 0 aliphatic heterocycles. The highest BCUT2D eigenvalue weighted by atomic mass is 32.1. The Morgan fingerprint density at radius 2 is 2.30 bits per heavy atom. The van der Waals surface area contributed by atoms with Gasteiger partial charge < -0.3 is 9.15 Å². The monoisotopic (exact) mass is 290 g/mol. The van der Waals surface area contributed by atoms with Crippen molar-refractivity contribution in [3.63, 3.8) is 0 Å². The van der Waals surface area contributed by atoms with E-state index in [4.69, 9.17) is 9.15 Å². The molecule has 0 fully saturated rings. The summed E-state index contributed by atoms with van der Waals surface area (Å²) in [6, 6.07) is 3.59. The molecule has 20 heavy (non-hydrogen) atoms. The lowest BCUT2D eigenvalue weighted by Gasteiger charge is -2.12. The number of esters is 1. The van der Waals surface area contributed by atoms with Crippen molar-refractivity contribution >= 4 is 23.1 Å². The molecule has 2 aromatic rings. The van der Waals surface area contributed by atoms with Gasteiger partial charge in [0, 0.05) is 12.0 Å². The number of furan rings is 1. The number of ketones is 1. The van der Waals surface area contributed by atoms with E-state index in [1.54, 1.807) is 19.3 Å². The summed E-state index contributed by atoms with van der Waals surface area (Å²) in [6.07, 6.45) is 3.62. The summed E-state index contributed by atoms with van der Waals surface area (Å²) >= 11 is 1.30. The van der Waals surface area contributed by atoms with Gasteiger partial charge in [-0.15, -0.1) is 11.3 Å². The number of Topliss-reactive ketones (excluding diaryl/α,β-unsaturated/α-hetero) is 1. The van der Waals surface area contributed by atoms with Crippen LogP contribution >= 0.6 is 11.3 Å². The minimum absolute atomic E-state index is 0.0875. The van der Waals surface area contributed by atoms with E-state index in [-0.39, 0.29) is 11.8 Å². The summed E-state index contributed by atoms with van der Waals surface area (Å²) in [5, 5.41) is 0. The molecule has 4 nitrogen and oxygen atoms in total. The van der Waals surface area contributed by atoms with E-state index in [2.05, 4.69) is 0 Å². The Morgan fingerprint density at radius 1 is 1.45 bits per heavy atom. The fourth-order valence-corrected chi connectivity index (χ4v) is 3.72. The Labute approximate surface area is 120 Å². The molecule has 0 saturated heterocycles. The Bertz CT molecular complexity index is 652. The topological polar surface area (TPSA) is 56.5 Å². The molecule has 1 aliphatic carbocycles. The van der Waals surface area contributed by atoms with Crippen molar-refractivity contribution < 1.29 is 18.7 Å². The number of carbonyl (C=O) groups is 2. The van der Waals surface area contributed by atoms with Crippen molar-refractivity contribution in [2.45, 2.75) is 26.2 Å². The van der Waals surface area contributed by atoms with E-state index < -0.39 is 0 Å². The van der Waals surface area contributed by atoms with Crippen molar-refractivity contribution in [3.8, 4) is 10.6 Å². The van der Waals surface area contributed by atoms with E-state index in [9.17, 15) is 9.59 Å². The van der Waals surface area contributed by atoms with Gasteiger partial charge in [0.25, 0.3) is 0 Å². The van der Waals surface area contributed by atoms with Crippen LogP contribution < -0.4 is 0 Å². The average Bonchev–Trinajstić information content (AvgIpc) is 3.06. The van der Waals surface area contributed by atoms with E-state index in [0.29, 0.717) is 29.2 Å². The van der Waals surface area contributed by atoms with Crippen LogP contribution in [0.5, 0.6) is 0 Å². The van der Waals surface area contributed by atoms with Gasteiger partial charge in [0.2, 0.25) is 0 Å². The summed E-state index contributed by atoms with van der Waals surface area (Å²) in [5.41, 5.74) is 1.48. The van der Waals surface area contributed by atoms with Gasteiger partial charge >= 0.3 is 5.97 Å². The third kappa shape index (κ3) is 2.08. The molecule has 0 bridgehead atoms. The van der Waals surface area contributed by atoms with Gasteiger partial charge in [0.1, 0.15) is 10.6 Å². The second kappa shape index (κ2) is 5.25. The van der Waals surface area contributed by atoms with Crippen molar-refractivity contribution in [2.24, 2.45) is 0 Å². The number of hydrogen-bond donors (Lipinski definition) is 0. The van der Waals surface area contributed by atoms with Crippen LogP contribution in [0.15, 0.2) is 22.8 Å². The predicted octanol–water partition coefficient (Wildman–Crippen LogP) is 3.70.